The average Bonchev–Trinajstić information content (AvgIpc) is 2.68. The molecular weight excluding hydrogens is 415 g/mol. The number of amides is 1. The van der Waals surface area contributed by atoms with E-state index in [1.54, 1.807) is 6.07 Å². The number of esters is 2. The van der Waals surface area contributed by atoms with Gasteiger partial charge >= 0.3 is 11.9 Å². The summed E-state index contributed by atoms with van der Waals surface area (Å²) in [6, 6.07) is 7.52. The lowest BCUT2D eigenvalue weighted by Crippen LogP contribution is -2.21. The molecule has 11 heteroatoms. The number of non-ortho nitro benzene ring substituents is 1. The van der Waals surface area contributed by atoms with Crippen molar-refractivity contribution in [2.75, 3.05) is 19.0 Å². The summed E-state index contributed by atoms with van der Waals surface area (Å²) >= 11 is 11.8. The van der Waals surface area contributed by atoms with E-state index in [9.17, 15) is 24.5 Å². The lowest BCUT2D eigenvalue weighted by atomic mass is 10.1. The fraction of sp³-hybridized carbons (Fsp3) is 0.118. The van der Waals surface area contributed by atoms with Crippen LogP contribution >= 0.6 is 23.2 Å². The lowest BCUT2D eigenvalue weighted by molar-refractivity contribution is -0.384. The number of nitrogens with zero attached hydrogens (tertiary/aromatic N) is 1. The van der Waals surface area contributed by atoms with Gasteiger partial charge in [-0.3, -0.25) is 14.9 Å². The van der Waals surface area contributed by atoms with Crippen molar-refractivity contribution in [2.24, 2.45) is 0 Å². The Bertz CT molecular complexity index is 963. The highest BCUT2D eigenvalue weighted by Crippen LogP contribution is 2.29. The Morgan fingerprint density at radius 3 is 2.36 bits per heavy atom. The maximum atomic E-state index is 12.1. The van der Waals surface area contributed by atoms with Gasteiger partial charge in [-0.1, -0.05) is 29.3 Å². The average molecular weight is 427 g/mol. The van der Waals surface area contributed by atoms with Crippen molar-refractivity contribution < 1.29 is 28.8 Å². The zero-order chi connectivity index (χ0) is 20.8. The van der Waals surface area contributed by atoms with Crippen LogP contribution in [0.1, 0.15) is 20.7 Å². The van der Waals surface area contributed by atoms with Crippen molar-refractivity contribution >= 4 is 52.4 Å². The highest BCUT2D eigenvalue weighted by Gasteiger charge is 2.20. The normalized spacial score (nSPS) is 10.1. The van der Waals surface area contributed by atoms with E-state index in [1.807, 2.05) is 0 Å². The smallest absolute Gasteiger partial charge is 0.338 e. The van der Waals surface area contributed by atoms with E-state index >= 15 is 0 Å². The van der Waals surface area contributed by atoms with E-state index in [2.05, 4.69) is 10.1 Å². The molecule has 0 fully saturated rings. The number of halogens is 2. The molecule has 1 N–H and O–H groups in total. The van der Waals surface area contributed by atoms with Crippen LogP contribution in [0.25, 0.3) is 0 Å². The summed E-state index contributed by atoms with van der Waals surface area (Å²) in [6.07, 6.45) is 0. The van der Waals surface area contributed by atoms with E-state index in [0.29, 0.717) is 0 Å². The quantitative estimate of drug-likeness (QED) is 0.425. The van der Waals surface area contributed by atoms with Crippen molar-refractivity contribution in [3.63, 3.8) is 0 Å². The number of nitro benzene ring substituents is 1. The molecular formula is C17H12Cl2N2O7. The van der Waals surface area contributed by atoms with Crippen LogP contribution in [0.4, 0.5) is 11.4 Å². The van der Waals surface area contributed by atoms with E-state index < -0.39 is 35.1 Å². The van der Waals surface area contributed by atoms with E-state index in [1.165, 1.54) is 12.1 Å². The Morgan fingerprint density at radius 2 is 1.75 bits per heavy atom. The SMILES string of the molecule is COC(=O)c1cc(C(=O)OCC(=O)Nc2cccc(Cl)c2Cl)cc([N+](=O)[O-])c1. The molecule has 0 aromatic heterocycles. The van der Waals surface area contributed by atoms with Gasteiger partial charge in [0.15, 0.2) is 6.61 Å². The molecule has 0 unspecified atom stereocenters. The largest absolute Gasteiger partial charge is 0.465 e. The maximum Gasteiger partial charge on any atom is 0.338 e. The lowest BCUT2D eigenvalue weighted by Gasteiger charge is -2.09. The summed E-state index contributed by atoms with van der Waals surface area (Å²) in [5.41, 5.74) is -0.787. The van der Waals surface area contributed by atoms with Gasteiger partial charge in [-0.2, -0.15) is 0 Å². The molecule has 0 radical (unpaired) electrons. The van der Waals surface area contributed by atoms with Crippen LogP contribution in [0.2, 0.25) is 10.0 Å². The van der Waals surface area contributed by atoms with Crippen LogP contribution in [-0.2, 0) is 14.3 Å². The zero-order valence-electron chi connectivity index (χ0n) is 14.2. The predicted octanol–water partition coefficient (Wildman–Crippen LogP) is 3.48. The molecule has 2 aromatic rings. The summed E-state index contributed by atoms with van der Waals surface area (Å²) in [4.78, 5) is 45.9. The Balaban J connectivity index is 2.10. The summed E-state index contributed by atoms with van der Waals surface area (Å²) in [7, 11) is 1.09. The van der Waals surface area contributed by atoms with E-state index in [4.69, 9.17) is 27.9 Å². The molecule has 0 spiro atoms. The molecule has 0 atom stereocenters. The zero-order valence-corrected chi connectivity index (χ0v) is 15.7. The van der Waals surface area contributed by atoms with Gasteiger partial charge in [0.2, 0.25) is 0 Å². The first-order valence-electron chi connectivity index (χ1n) is 7.51. The molecule has 0 saturated heterocycles. The van der Waals surface area contributed by atoms with Gasteiger partial charge in [-0.15, -0.1) is 0 Å². The molecule has 0 aliphatic heterocycles. The number of nitro groups is 1. The molecule has 28 heavy (non-hydrogen) atoms. The van der Waals surface area contributed by atoms with E-state index in [-0.39, 0.29) is 26.9 Å². The standard InChI is InChI=1S/C17H12Cl2N2O7/c1-27-16(23)9-5-10(7-11(6-9)21(25)26)17(24)28-8-14(22)20-13-4-2-3-12(18)15(13)19/h2-7H,8H2,1H3,(H,20,22). The predicted molar refractivity (Wildman–Crippen MR) is 99.8 cm³/mol. The Morgan fingerprint density at radius 1 is 1.11 bits per heavy atom. The number of carbonyl (C=O) groups is 3. The van der Waals surface area contributed by atoms with Gasteiger partial charge in [0.05, 0.1) is 38.9 Å². The first-order valence-corrected chi connectivity index (χ1v) is 8.27. The fourth-order valence-corrected chi connectivity index (χ4v) is 2.42. The number of ether oxygens (including phenoxy) is 2. The Hall–Kier alpha value is -3.17. The number of benzene rings is 2. The highest BCUT2D eigenvalue weighted by atomic mass is 35.5. The van der Waals surface area contributed by atoms with Crippen LogP contribution in [0.5, 0.6) is 0 Å². The van der Waals surface area contributed by atoms with Crippen molar-refractivity contribution in [1.29, 1.82) is 0 Å². The summed E-state index contributed by atoms with van der Waals surface area (Å²) in [5, 5.41) is 13.7. The highest BCUT2D eigenvalue weighted by molar-refractivity contribution is 6.44. The fourth-order valence-electron chi connectivity index (χ4n) is 2.07. The van der Waals surface area contributed by atoms with Crippen LogP contribution in [0.15, 0.2) is 36.4 Å². The van der Waals surface area contributed by atoms with Crippen molar-refractivity contribution in [2.45, 2.75) is 0 Å². The van der Waals surface area contributed by atoms with E-state index in [0.717, 1.165) is 25.3 Å². The number of carbonyl (C=O) groups excluding carboxylic acids is 3. The minimum absolute atomic E-state index is 0.116. The van der Waals surface area contributed by atoms with Gasteiger partial charge in [0.25, 0.3) is 11.6 Å². The molecule has 2 aromatic carbocycles. The number of hydrogen-bond acceptors (Lipinski definition) is 7. The van der Waals surface area contributed by atoms with Gasteiger partial charge in [-0.05, 0) is 18.2 Å². The number of rotatable bonds is 6. The minimum atomic E-state index is -1.04. The molecule has 9 nitrogen and oxygen atoms in total. The second-order valence-electron chi connectivity index (χ2n) is 5.24. The molecule has 1 amide bonds. The summed E-state index contributed by atoms with van der Waals surface area (Å²) in [6.45, 7) is -0.697. The van der Waals surface area contributed by atoms with Gasteiger partial charge in [-0.25, -0.2) is 9.59 Å². The monoisotopic (exact) mass is 426 g/mol. The number of hydrogen-bond donors (Lipinski definition) is 1. The van der Waals surface area contributed by atoms with Crippen LogP contribution in [-0.4, -0.2) is 36.5 Å². The Kier molecular flexibility index (Phi) is 6.91. The number of anilines is 1. The third-order valence-corrected chi connectivity index (χ3v) is 4.16. The first-order chi connectivity index (χ1) is 13.2. The van der Waals surface area contributed by atoms with Gasteiger partial charge < -0.3 is 14.8 Å². The summed E-state index contributed by atoms with van der Waals surface area (Å²) < 4.78 is 9.32. The molecule has 0 heterocycles. The Labute approximate surface area is 168 Å². The van der Waals surface area contributed by atoms with Crippen LogP contribution < -0.4 is 5.32 Å². The molecule has 0 saturated carbocycles. The first kappa shape index (κ1) is 21.1. The third kappa shape index (κ3) is 5.18. The molecule has 0 aliphatic carbocycles. The molecule has 0 bridgehead atoms. The molecule has 2 rings (SSSR count). The number of nitrogens with one attached hydrogen (secondary N) is 1. The summed E-state index contributed by atoms with van der Waals surface area (Å²) in [5.74, 6) is -2.62. The number of methoxy groups -OCH3 is 1. The van der Waals surface area contributed by atoms with Gasteiger partial charge in [0.1, 0.15) is 0 Å². The van der Waals surface area contributed by atoms with Crippen LogP contribution in [0, 0.1) is 10.1 Å². The minimum Gasteiger partial charge on any atom is -0.465 e. The second-order valence-corrected chi connectivity index (χ2v) is 6.03. The molecule has 146 valence electrons. The van der Waals surface area contributed by atoms with Crippen molar-refractivity contribution in [1.82, 2.24) is 0 Å². The van der Waals surface area contributed by atoms with Crippen molar-refractivity contribution in [3.05, 3.63) is 67.7 Å². The third-order valence-electron chi connectivity index (χ3n) is 3.35. The van der Waals surface area contributed by atoms with Crippen molar-refractivity contribution in [3.8, 4) is 0 Å². The molecule has 0 aliphatic rings. The second kappa shape index (κ2) is 9.16. The topological polar surface area (TPSA) is 125 Å². The van der Waals surface area contributed by atoms with Gasteiger partial charge in [0, 0.05) is 12.1 Å². The van der Waals surface area contributed by atoms with Crippen LogP contribution in [0.3, 0.4) is 0 Å². The maximum absolute atomic E-state index is 12.1.